The Balaban J connectivity index is 1.85. The number of rotatable bonds is 1. The second-order valence-corrected chi connectivity index (χ2v) is 4.18. The molecule has 15 heavy (non-hydrogen) atoms. The second-order valence-electron chi connectivity index (χ2n) is 4.18. The molecule has 0 aliphatic carbocycles. The van der Waals surface area contributed by atoms with Crippen molar-refractivity contribution in [1.82, 2.24) is 0 Å². The van der Waals surface area contributed by atoms with Gasteiger partial charge in [-0.3, -0.25) is 0 Å². The van der Waals surface area contributed by atoms with Crippen LogP contribution in [0.15, 0.2) is 30.3 Å². The third-order valence-electron chi connectivity index (χ3n) is 3.26. The first-order chi connectivity index (χ1) is 7.36. The maximum absolute atomic E-state index is 9.61. The van der Waals surface area contributed by atoms with Gasteiger partial charge in [-0.1, -0.05) is 30.3 Å². The van der Waals surface area contributed by atoms with Crippen LogP contribution in [0.2, 0.25) is 0 Å². The molecule has 1 aromatic rings. The number of benzene rings is 1. The Morgan fingerprint density at radius 3 is 2.53 bits per heavy atom. The summed E-state index contributed by atoms with van der Waals surface area (Å²) in [6.07, 6.45) is -0.554. The standard InChI is InChI=1S/C12H14O3/c13-10-7-15-11-9(6-14-12(10)11)8-4-2-1-3-5-8/h1-5,9-13H,6-7H2/t9-,10-,11?,12?/m0/s1. The van der Waals surface area contributed by atoms with Crippen LogP contribution in [0.4, 0.5) is 0 Å². The average Bonchev–Trinajstić information content (AvgIpc) is 2.83. The number of ether oxygens (including phenoxy) is 2. The van der Waals surface area contributed by atoms with Gasteiger partial charge in [0, 0.05) is 5.92 Å². The van der Waals surface area contributed by atoms with Crippen molar-refractivity contribution in [3.63, 3.8) is 0 Å². The molecule has 1 N–H and O–H groups in total. The largest absolute Gasteiger partial charge is 0.388 e. The van der Waals surface area contributed by atoms with Gasteiger partial charge >= 0.3 is 0 Å². The Hall–Kier alpha value is -0.900. The highest BCUT2D eigenvalue weighted by Gasteiger charge is 2.47. The molecule has 2 unspecified atom stereocenters. The molecule has 4 atom stereocenters. The zero-order chi connectivity index (χ0) is 10.3. The van der Waals surface area contributed by atoms with Crippen molar-refractivity contribution in [2.24, 2.45) is 0 Å². The zero-order valence-electron chi connectivity index (χ0n) is 8.37. The fraction of sp³-hybridized carbons (Fsp3) is 0.500. The second kappa shape index (κ2) is 3.59. The van der Waals surface area contributed by atoms with Crippen molar-refractivity contribution in [2.75, 3.05) is 13.2 Å². The molecule has 2 fully saturated rings. The number of aliphatic hydroxyl groups excluding tert-OH is 1. The summed E-state index contributed by atoms with van der Waals surface area (Å²) in [4.78, 5) is 0. The van der Waals surface area contributed by atoms with Crippen LogP contribution in [0.3, 0.4) is 0 Å². The van der Waals surface area contributed by atoms with E-state index in [1.165, 1.54) is 5.56 Å². The lowest BCUT2D eigenvalue weighted by atomic mass is 9.93. The minimum atomic E-state index is -0.455. The van der Waals surface area contributed by atoms with Gasteiger partial charge in [0.05, 0.1) is 19.3 Å². The lowest BCUT2D eigenvalue weighted by Gasteiger charge is -2.15. The molecule has 2 aliphatic heterocycles. The Morgan fingerprint density at radius 2 is 1.73 bits per heavy atom. The Morgan fingerprint density at radius 1 is 1.00 bits per heavy atom. The fourth-order valence-corrected chi connectivity index (χ4v) is 2.47. The van der Waals surface area contributed by atoms with Gasteiger partial charge in [-0.15, -0.1) is 0 Å². The molecule has 3 nitrogen and oxygen atoms in total. The van der Waals surface area contributed by atoms with E-state index in [2.05, 4.69) is 12.1 Å². The maximum atomic E-state index is 9.61. The molecule has 3 rings (SSSR count). The van der Waals surface area contributed by atoms with Crippen LogP contribution in [0, 0.1) is 0 Å². The minimum Gasteiger partial charge on any atom is -0.388 e. The van der Waals surface area contributed by atoms with E-state index in [0.717, 1.165) is 0 Å². The zero-order valence-corrected chi connectivity index (χ0v) is 8.37. The first kappa shape index (κ1) is 9.33. The molecule has 0 bridgehead atoms. The number of hydrogen-bond acceptors (Lipinski definition) is 3. The topological polar surface area (TPSA) is 38.7 Å². The maximum Gasteiger partial charge on any atom is 0.112 e. The molecule has 80 valence electrons. The first-order valence-electron chi connectivity index (χ1n) is 5.32. The summed E-state index contributed by atoms with van der Waals surface area (Å²) in [6, 6.07) is 10.2. The average molecular weight is 206 g/mol. The summed E-state index contributed by atoms with van der Waals surface area (Å²) in [6.45, 7) is 1.05. The molecule has 0 aromatic heterocycles. The first-order valence-corrected chi connectivity index (χ1v) is 5.32. The van der Waals surface area contributed by atoms with Crippen molar-refractivity contribution in [3.8, 4) is 0 Å². The van der Waals surface area contributed by atoms with Gasteiger partial charge in [-0.2, -0.15) is 0 Å². The van der Waals surface area contributed by atoms with Gasteiger partial charge in [-0.25, -0.2) is 0 Å². The van der Waals surface area contributed by atoms with Crippen molar-refractivity contribution < 1.29 is 14.6 Å². The molecule has 0 radical (unpaired) electrons. The van der Waals surface area contributed by atoms with Crippen LogP contribution in [0.5, 0.6) is 0 Å². The van der Waals surface area contributed by atoms with Crippen LogP contribution < -0.4 is 0 Å². The molecule has 1 aromatic carbocycles. The van der Waals surface area contributed by atoms with Gasteiger partial charge in [0.25, 0.3) is 0 Å². The predicted molar refractivity (Wildman–Crippen MR) is 54.7 cm³/mol. The fourth-order valence-electron chi connectivity index (χ4n) is 2.47. The molecule has 0 amide bonds. The summed E-state index contributed by atoms with van der Waals surface area (Å²) in [5, 5.41) is 9.61. The molecule has 0 saturated carbocycles. The smallest absolute Gasteiger partial charge is 0.112 e. The van der Waals surface area contributed by atoms with Crippen LogP contribution in [0.25, 0.3) is 0 Å². The quantitative estimate of drug-likeness (QED) is 0.743. The molecule has 0 spiro atoms. The summed E-state index contributed by atoms with van der Waals surface area (Å²) in [7, 11) is 0. The van der Waals surface area contributed by atoms with Crippen LogP contribution in [-0.4, -0.2) is 36.6 Å². The minimum absolute atomic E-state index is 0.0300. The Bertz CT molecular complexity index is 338. The van der Waals surface area contributed by atoms with Gasteiger partial charge in [0.15, 0.2) is 0 Å². The van der Waals surface area contributed by atoms with Crippen molar-refractivity contribution in [2.45, 2.75) is 24.2 Å². The van der Waals surface area contributed by atoms with Gasteiger partial charge < -0.3 is 14.6 Å². The number of fused-ring (bicyclic) bond motifs is 1. The van der Waals surface area contributed by atoms with E-state index in [1.807, 2.05) is 18.2 Å². The van der Waals surface area contributed by atoms with Crippen molar-refractivity contribution in [3.05, 3.63) is 35.9 Å². The Labute approximate surface area is 88.6 Å². The van der Waals surface area contributed by atoms with E-state index >= 15 is 0 Å². The SMILES string of the molecule is O[C@H]1COC2C1OC[C@H]2c1ccccc1. The van der Waals surface area contributed by atoms with E-state index in [0.29, 0.717) is 13.2 Å². The van der Waals surface area contributed by atoms with E-state index < -0.39 is 6.10 Å². The molecule has 3 heteroatoms. The molecular formula is C12H14O3. The Kier molecular flexibility index (Phi) is 2.24. The molecule has 2 saturated heterocycles. The van der Waals surface area contributed by atoms with Gasteiger partial charge in [-0.05, 0) is 5.56 Å². The van der Waals surface area contributed by atoms with Crippen LogP contribution in [-0.2, 0) is 9.47 Å². The summed E-state index contributed by atoms with van der Waals surface area (Å²) < 4.78 is 11.2. The van der Waals surface area contributed by atoms with Gasteiger partial charge in [0.1, 0.15) is 12.2 Å². The monoisotopic (exact) mass is 206 g/mol. The van der Waals surface area contributed by atoms with E-state index in [-0.39, 0.29) is 18.1 Å². The summed E-state index contributed by atoms with van der Waals surface area (Å²) in [5.74, 6) is 0.272. The highest BCUT2D eigenvalue weighted by atomic mass is 16.6. The van der Waals surface area contributed by atoms with Crippen LogP contribution in [0.1, 0.15) is 11.5 Å². The third kappa shape index (κ3) is 1.47. The van der Waals surface area contributed by atoms with E-state index in [1.54, 1.807) is 0 Å². The lowest BCUT2D eigenvalue weighted by molar-refractivity contribution is 0.0182. The lowest BCUT2D eigenvalue weighted by Crippen LogP contribution is -2.28. The highest BCUT2D eigenvalue weighted by molar-refractivity contribution is 5.23. The third-order valence-corrected chi connectivity index (χ3v) is 3.26. The van der Waals surface area contributed by atoms with Crippen molar-refractivity contribution in [1.29, 1.82) is 0 Å². The number of aliphatic hydroxyl groups is 1. The van der Waals surface area contributed by atoms with E-state index in [9.17, 15) is 5.11 Å². The molecule has 2 aliphatic rings. The van der Waals surface area contributed by atoms with Crippen LogP contribution >= 0.6 is 0 Å². The molecule has 2 heterocycles. The highest BCUT2D eigenvalue weighted by Crippen LogP contribution is 2.37. The number of hydrogen-bond donors (Lipinski definition) is 1. The summed E-state index contributed by atoms with van der Waals surface area (Å²) >= 11 is 0. The normalized spacial score (nSPS) is 39.3. The summed E-state index contributed by atoms with van der Waals surface area (Å²) in [5.41, 5.74) is 1.24. The van der Waals surface area contributed by atoms with Crippen molar-refractivity contribution >= 4 is 0 Å². The van der Waals surface area contributed by atoms with E-state index in [4.69, 9.17) is 9.47 Å². The predicted octanol–water partition coefficient (Wildman–Crippen LogP) is 0.929. The van der Waals surface area contributed by atoms with Gasteiger partial charge in [0.2, 0.25) is 0 Å². The molecular weight excluding hydrogens is 192 g/mol.